The Balaban J connectivity index is 0.00000561. The van der Waals surface area contributed by atoms with Crippen LogP contribution in [-0.4, -0.2) is 9.52 Å². The average molecular weight is 811 g/mol. The standard InChI is InChI=1S/C52H67Si.Zr/c1-5-9-13-15-19-39-27-31-41(32-28-39)45-23-17-25-47-49(45)35-43(21-11-7-3)51(47)37-53-38-52-44(22-12-8-4)36-50-46(24-18-26-48(50)52)42-33-29-40(30-34-42)20-16-14-10-6-2;/h17-18,23-36,51-53H,5-16,19-22,37-38H2,1-4H3;. The molecule has 1 radical (unpaired) electrons. The van der Waals surface area contributed by atoms with Gasteiger partial charge in [0.1, 0.15) is 0 Å². The summed E-state index contributed by atoms with van der Waals surface area (Å²) in [5.41, 5.74) is 18.2. The summed E-state index contributed by atoms with van der Waals surface area (Å²) < 4.78 is 0. The summed E-state index contributed by atoms with van der Waals surface area (Å²) in [6, 6.07) is 36.1. The second kappa shape index (κ2) is 22.3. The van der Waals surface area contributed by atoms with E-state index in [1.165, 1.54) is 159 Å². The number of fused-ring (bicyclic) bond motifs is 2. The number of unbranched alkanes of at least 4 members (excludes halogenated alkanes) is 8. The maximum Gasteiger partial charge on any atom is 0.0299 e. The fourth-order valence-electron chi connectivity index (χ4n) is 9.03. The van der Waals surface area contributed by atoms with Crippen LogP contribution in [0.15, 0.2) is 96.1 Å². The summed E-state index contributed by atoms with van der Waals surface area (Å²) in [7, 11) is 0.321. The molecule has 4 aromatic rings. The van der Waals surface area contributed by atoms with Crippen LogP contribution in [0.3, 0.4) is 0 Å². The van der Waals surface area contributed by atoms with Crippen molar-refractivity contribution in [1.29, 1.82) is 0 Å². The fraction of sp³-hybridized carbons (Fsp3) is 0.462. The van der Waals surface area contributed by atoms with Crippen molar-refractivity contribution >= 4 is 21.7 Å². The van der Waals surface area contributed by atoms with E-state index in [0.717, 1.165) is 0 Å². The Bertz CT molecular complexity index is 1660. The smallest absolute Gasteiger partial charge is 0.0299 e. The molecule has 2 aliphatic rings. The maximum absolute atomic E-state index is 2.61. The van der Waals surface area contributed by atoms with Gasteiger partial charge in [-0.2, -0.15) is 0 Å². The molecule has 0 saturated heterocycles. The van der Waals surface area contributed by atoms with Gasteiger partial charge in [-0.05, 0) is 107 Å². The van der Waals surface area contributed by atoms with E-state index in [1.807, 2.05) is 0 Å². The van der Waals surface area contributed by atoms with Crippen LogP contribution in [0.25, 0.3) is 34.4 Å². The number of benzene rings is 4. The van der Waals surface area contributed by atoms with Crippen molar-refractivity contribution in [2.75, 3.05) is 0 Å². The van der Waals surface area contributed by atoms with Crippen LogP contribution < -0.4 is 0 Å². The second-order valence-electron chi connectivity index (χ2n) is 16.1. The first-order valence-corrected chi connectivity index (χ1v) is 23.4. The normalized spacial score (nSPS) is 15.8. The van der Waals surface area contributed by atoms with E-state index >= 15 is 0 Å². The third-order valence-corrected chi connectivity index (χ3v) is 13.8. The van der Waals surface area contributed by atoms with E-state index in [2.05, 4.69) is 125 Å². The summed E-state index contributed by atoms with van der Waals surface area (Å²) in [4.78, 5) is 0. The number of hydrogen-bond donors (Lipinski definition) is 0. The molecule has 0 N–H and O–H groups in total. The van der Waals surface area contributed by atoms with Gasteiger partial charge in [-0.25, -0.2) is 0 Å². The largest absolute Gasteiger partial charge is 0.0654 e. The van der Waals surface area contributed by atoms with Crippen LogP contribution in [0.4, 0.5) is 0 Å². The Kier molecular flexibility index (Phi) is 17.6. The summed E-state index contributed by atoms with van der Waals surface area (Å²) in [6.07, 6.45) is 25.8. The molecule has 2 unspecified atom stereocenters. The maximum atomic E-state index is 2.61. The first-order valence-electron chi connectivity index (χ1n) is 21.8. The zero-order chi connectivity index (χ0) is 36.8. The van der Waals surface area contributed by atoms with Crippen molar-refractivity contribution in [2.24, 2.45) is 0 Å². The van der Waals surface area contributed by atoms with E-state index in [9.17, 15) is 0 Å². The Hall–Kier alpha value is -2.54. The van der Waals surface area contributed by atoms with E-state index < -0.39 is 0 Å². The summed E-state index contributed by atoms with van der Waals surface area (Å²) in [5.74, 6) is 1.17. The minimum absolute atomic E-state index is 0. The molecule has 0 aliphatic heterocycles. The van der Waals surface area contributed by atoms with Crippen LogP contribution in [0, 0.1) is 0 Å². The van der Waals surface area contributed by atoms with Crippen LogP contribution in [0.1, 0.15) is 163 Å². The second-order valence-corrected chi connectivity index (χ2v) is 17.7. The van der Waals surface area contributed by atoms with E-state index in [4.69, 9.17) is 0 Å². The minimum atomic E-state index is 0. The Labute approximate surface area is 351 Å². The molecule has 0 spiro atoms. The molecule has 0 nitrogen and oxygen atoms in total. The Morgan fingerprint density at radius 1 is 0.426 bits per heavy atom. The molecular formula is C52H67SiZr. The van der Waals surface area contributed by atoms with Gasteiger partial charge in [0.05, 0.1) is 0 Å². The predicted molar refractivity (Wildman–Crippen MR) is 237 cm³/mol. The number of allylic oxidation sites excluding steroid dienone is 2. The van der Waals surface area contributed by atoms with Gasteiger partial charge in [0, 0.05) is 47.6 Å². The van der Waals surface area contributed by atoms with Crippen molar-refractivity contribution in [3.05, 3.63) is 129 Å². The van der Waals surface area contributed by atoms with Crippen LogP contribution in [-0.2, 0) is 39.0 Å². The predicted octanol–water partition coefficient (Wildman–Crippen LogP) is 15.6. The molecule has 0 aromatic heterocycles. The molecular weight excluding hydrogens is 744 g/mol. The Morgan fingerprint density at radius 2 is 0.833 bits per heavy atom. The zero-order valence-electron chi connectivity index (χ0n) is 34.2. The third kappa shape index (κ3) is 10.9. The molecule has 0 bridgehead atoms. The summed E-state index contributed by atoms with van der Waals surface area (Å²) in [5, 5.41) is 0. The first-order chi connectivity index (χ1) is 26.1. The number of rotatable bonds is 22. The van der Waals surface area contributed by atoms with Crippen LogP contribution in [0.2, 0.25) is 12.1 Å². The zero-order valence-corrected chi connectivity index (χ0v) is 37.8. The van der Waals surface area contributed by atoms with Crippen molar-refractivity contribution < 1.29 is 26.2 Å². The number of aryl methyl sites for hydroxylation is 2. The molecule has 0 amide bonds. The van der Waals surface area contributed by atoms with Crippen molar-refractivity contribution in [3.63, 3.8) is 0 Å². The van der Waals surface area contributed by atoms with Crippen molar-refractivity contribution in [3.8, 4) is 22.3 Å². The SMILES string of the molecule is CCCCCCc1ccc(-c2cccc3c2C=C(CCCC)C3C[SiH]CC2C(CCCC)=Cc3c(-c4ccc(CCCCCC)cc4)cccc32)cc1.[Zr]. The van der Waals surface area contributed by atoms with Gasteiger partial charge >= 0.3 is 0 Å². The first kappa shape index (κ1) is 42.6. The molecule has 0 heterocycles. The van der Waals surface area contributed by atoms with Crippen LogP contribution >= 0.6 is 0 Å². The quantitative estimate of drug-likeness (QED) is 0.0548. The summed E-state index contributed by atoms with van der Waals surface area (Å²) >= 11 is 0. The molecule has 283 valence electrons. The summed E-state index contributed by atoms with van der Waals surface area (Å²) in [6.45, 7) is 9.28. The average Bonchev–Trinajstić information content (AvgIpc) is 3.74. The molecule has 2 atom stereocenters. The monoisotopic (exact) mass is 809 g/mol. The van der Waals surface area contributed by atoms with Crippen molar-refractivity contribution in [1.82, 2.24) is 0 Å². The van der Waals surface area contributed by atoms with Crippen molar-refractivity contribution in [2.45, 2.75) is 154 Å². The number of hydrogen-bond acceptors (Lipinski definition) is 0. The molecule has 0 fully saturated rings. The fourth-order valence-corrected chi connectivity index (χ4v) is 11.0. The molecule has 2 heteroatoms. The third-order valence-electron chi connectivity index (χ3n) is 12.2. The van der Waals surface area contributed by atoms with Gasteiger partial charge < -0.3 is 0 Å². The van der Waals surface area contributed by atoms with Gasteiger partial charge in [-0.3, -0.25) is 0 Å². The van der Waals surface area contributed by atoms with Gasteiger partial charge in [0.2, 0.25) is 0 Å². The topological polar surface area (TPSA) is 0 Å². The van der Waals surface area contributed by atoms with E-state index in [0.29, 0.717) is 21.4 Å². The van der Waals surface area contributed by atoms with E-state index in [-0.39, 0.29) is 26.2 Å². The molecule has 4 aromatic carbocycles. The Morgan fingerprint density at radius 3 is 1.22 bits per heavy atom. The molecule has 0 saturated carbocycles. The van der Waals surface area contributed by atoms with Gasteiger partial charge in [0.15, 0.2) is 0 Å². The van der Waals surface area contributed by atoms with Gasteiger partial charge in [-0.1, -0.05) is 199 Å². The van der Waals surface area contributed by atoms with Crippen LogP contribution in [0.5, 0.6) is 0 Å². The minimum Gasteiger partial charge on any atom is -0.0654 e. The molecule has 54 heavy (non-hydrogen) atoms. The molecule has 6 rings (SSSR count). The van der Waals surface area contributed by atoms with Gasteiger partial charge in [-0.15, -0.1) is 0 Å². The van der Waals surface area contributed by atoms with E-state index in [1.54, 1.807) is 22.3 Å². The molecule has 2 aliphatic carbocycles. The van der Waals surface area contributed by atoms with Gasteiger partial charge in [0.25, 0.3) is 0 Å².